The monoisotopic (exact) mass is 410 g/mol. The van der Waals surface area contributed by atoms with E-state index >= 15 is 0 Å². The van der Waals surface area contributed by atoms with Gasteiger partial charge in [-0.3, -0.25) is 0 Å². The Bertz CT molecular complexity index is 582. The van der Waals surface area contributed by atoms with Crippen LogP contribution in [0.15, 0.2) is 26.0 Å². The van der Waals surface area contributed by atoms with Gasteiger partial charge in [-0.2, -0.15) is 4.31 Å². The van der Waals surface area contributed by atoms with Crippen molar-refractivity contribution >= 4 is 41.9 Å². The average Bonchev–Trinajstić information content (AvgIpc) is 2.34. The molecular formula is C12H16Br2N2O2S. The van der Waals surface area contributed by atoms with Crippen molar-refractivity contribution in [1.82, 2.24) is 9.21 Å². The molecular weight excluding hydrogens is 396 g/mol. The van der Waals surface area contributed by atoms with E-state index in [1.54, 1.807) is 10.4 Å². The Morgan fingerprint density at radius 3 is 2.21 bits per heavy atom. The number of hydrogen-bond donors (Lipinski definition) is 0. The number of nitrogens with zero attached hydrogens (tertiary/aromatic N) is 2. The molecule has 0 N–H and O–H groups in total. The standard InChI is InChI=1S/C12H16Br2N2O2S/c1-9-7-11(14)12(8-10(9)13)19(17,18)16-5-3-15(2)4-6-16/h7-8H,3-6H2,1-2H3. The lowest BCUT2D eigenvalue weighted by Gasteiger charge is -2.31. The van der Waals surface area contributed by atoms with E-state index in [-0.39, 0.29) is 0 Å². The van der Waals surface area contributed by atoms with Crippen LogP contribution >= 0.6 is 31.9 Å². The number of piperazine rings is 1. The molecule has 0 aromatic heterocycles. The number of likely N-dealkylation sites (N-methyl/N-ethyl adjacent to an activating group) is 1. The van der Waals surface area contributed by atoms with Crippen molar-refractivity contribution in [1.29, 1.82) is 0 Å². The van der Waals surface area contributed by atoms with Gasteiger partial charge in [0.05, 0.1) is 4.90 Å². The van der Waals surface area contributed by atoms with Crippen LogP contribution in [-0.4, -0.2) is 50.8 Å². The van der Waals surface area contributed by atoms with Crippen molar-refractivity contribution in [2.45, 2.75) is 11.8 Å². The summed E-state index contributed by atoms with van der Waals surface area (Å²) in [6.45, 7) is 4.54. The van der Waals surface area contributed by atoms with Crippen molar-refractivity contribution in [3.63, 3.8) is 0 Å². The van der Waals surface area contributed by atoms with Gasteiger partial charge >= 0.3 is 0 Å². The maximum absolute atomic E-state index is 12.6. The minimum Gasteiger partial charge on any atom is -0.304 e. The summed E-state index contributed by atoms with van der Waals surface area (Å²) in [5.74, 6) is 0. The lowest BCUT2D eigenvalue weighted by molar-refractivity contribution is 0.222. The topological polar surface area (TPSA) is 40.6 Å². The van der Waals surface area contributed by atoms with Crippen LogP contribution < -0.4 is 0 Å². The predicted molar refractivity (Wildman–Crippen MR) is 82.8 cm³/mol. The van der Waals surface area contributed by atoms with E-state index in [9.17, 15) is 8.42 Å². The van der Waals surface area contributed by atoms with E-state index in [1.165, 1.54) is 0 Å². The number of hydrogen-bond acceptors (Lipinski definition) is 3. The molecule has 1 saturated heterocycles. The molecule has 2 rings (SSSR count). The smallest absolute Gasteiger partial charge is 0.244 e. The Kier molecular flexibility index (Phi) is 4.72. The van der Waals surface area contributed by atoms with Gasteiger partial charge in [0, 0.05) is 35.1 Å². The van der Waals surface area contributed by atoms with E-state index in [0.717, 1.165) is 23.1 Å². The minimum absolute atomic E-state index is 0.328. The Labute approximate surface area is 131 Å². The fourth-order valence-corrected chi connectivity index (χ4v) is 5.05. The van der Waals surface area contributed by atoms with Gasteiger partial charge in [0.25, 0.3) is 0 Å². The highest BCUT2D eigenvalue weighted by molar-refractivity contribution is 9.11. The zero-order valence-corrected chi connectivity index (χ0v) is 14.8. The first kappa shape index (κ1) is 15.4. The summed E-state index contributed by atoms with van der Waals surface area (Å²) in [5.41, 5.74) is 1.00. The molecule has 1 aromatic carbocycles. The summed E-state index contributed by atoms with van der Waals surface area (Å²) in [6, 6.07) is 3.50. The highest BCUT2D eigenvalue weighted by Gasteiger charge is 2.29. The average molecular weight is 412 g/mol. The van der Waals surface area contributed by atoms with Crippen LogP contribution in [0.1, 0.15) is 5.56 Å². The first-order valence-electron chi connectivity index (χ1n) is 5.96. The Morgan fingerprint density at radius 1 is 1.05 bits per heavy atom. The normalized spacial score (nSPS) is 18.7. The van der Waals surface area contributed by atoms with Crippen LogP contribution in [0.2, 0.25) is 0 Å². The number of aryl methyl sites for hydroxylation is 1. The molecule has 0 amide bonds. The van der Waals surface area contributed by atoms with Crippen molar-refractivity contribution in [2.24, 2.45) is 0 Å². The van der Waals surface area contributed by atoms with Crippen LogP contribution in [0, 0.1) is 6.92 Å². The Morgan fingerprint density at radius 2 is 1.63 bits per heavy atom. The van der Waals surface area contributed by atoms with Gasteiger partial charge in [-0.25, -0.2) is 8.42 Å². The minimum atomic E-state index is -3.43. The molecule has 4 nitrogen and oxygen atoms in total. The molecule has 1 heterocycles. The highest BCUT2D eigenvalue weighted by Crippen LogP contribution is 2.31. The quantitative estimate of drug-likeness (QED) is 0.750. The number of halogens is 2. The van der Waals surface area contributed by atoms with Gasteiger partial charge in [0.1, 0.15) is 0 Å². The second-order valence-electron chi connectivity index (χ2n) is 4.74. The zero-order chi connectivity index (χ0) is 14.2. The number of rotatable bonds is 2. The van der Waals surface area contributed by atoms with Crippen molar-refractivity contribution in [2.75, 3.05) is 33.2 Å². The maximum Gasteiger partial charge on any atom is 0.244 e. The molecule has 19 heavy (non-hydrogen) atoms. The fourth-order valence-electron chi connectivity index (χ4n) is 1.99. The van der Waals surface area contributed by atoms with E-state index in [1.807, 2.05) is 20.0 Å². The van der Waals surface area contributed by atoms with Gasteiger partial charge < -0.3 is 4.90 Å². The van der Waals surface area contributed by atoms with Crippen molar-refractivity contribution < 1.29 is 8.42 Å². The van der Waals surface area contributed by atoms with Crippen LogP contribution in [0.25, 0.3) is 0 Å². The first-order valence-corrected chi connectivity index (χ1v) is 8.99. The molecule has 0 bridgehead atoms. The van der Waals surface area contributed by atoms with Gasteiger partial charge in [-0.05, 0) is 47.6 Å². The summed E-state index contributed by atoms with van der Waals surface area (Å²) in [7, 11) is -1.42. The molecule has 0 spiro atoms. The summed E-state index contributed by atoms with van der Waals surface area (Å²) in [4.78, 5) is 2.46. The van der Waals surface area contributed by atoms with Crippen molar-refractivity contribution in [3.8, 4) is 0 Å². The van der Waals surface area contributed by atoms with Crippen LogP contribution in [-0.2, 0) is 10.0 Å². The maximum atomic E-state index is 12.6. The third-order valence-corrected chi connectivity index (χ3v) is 7.00. The zero-order valence-electron chi connectivity index (χ0n) is 10.9. The molecule has 1 fully saturated rings. The molecule has 1 aromatic rings. The summed E-state index contributed by atoms with van der Waals surface area (Å²) in [6.07, 6.45) is 0. The predicted octanol–water partition coefficient (Wildman–Crippen LogP) is 2.46. The lowest BCUT2D eigenvalue weighted by Crippen LogP contribution is -2.47. The van der Waals surface area contributed by atoms with E-state index < -0.39 is 10.0 Å². The molecule has 7 heteroatoms. The summed E-state index contributed by atoms with van der Waals surface area (Å²) in [5, 5.41) is 0. The van der Waals surface area contributed by atoms with Crippen molar-refractivity contribution in [3.05, 3.63) is 26.6 Å². The molecule has 106 valence electrons. The van der Waals surface area contributed by atoms with Gasteiger partial charge in [-0.15, -0.1) is 0 Å². The molecule has 1 aliphatic heterocycles. The van der Waals surface area contributed by atoms with E-state index in [4.69, 9.17) is 0 Å². The second kappa shape index (κ2) is 5.81. The SMILES string of the molecule is Cc1cc(Br)c(S(=O)(=O)N2CCN(C)CC2)cc1Br. The van der Waals surface area contributed by atoms with E-state index in [2.05, 4.69) is 36.8 Å². The van der Waals surface area contributed by atoms with E-state index in [0.29, 0.717) is 22.5 Å². The number of sulfonamides is 1. The molecule has 0 radical (unpaired) electrons. The summed E-state index contributed by atoms with van der Waals surface area (Å²) < 4.78 is 28.2. The third kappa shape index (κ3) is 3.21. The largest absolute Gasteiger partial charge is 0.304 e. The van der Waals surface area contributed by atoms with Gasteiger partial charge in [-0.1, -0.05) is 15.9 Å². The first-order chi connectivity index (χ1) is 8.82. The van der Waals surface area contributed by atoms with Crippen LogP contribution in [0.4, 0.5) is 0 Å². The second-order valence-corrected chi connectivity index (χ2v) is 8.35. The molecule has 1 aliphatic rings. The lowest BCUT2D eigenvalue weighted by atomic mass is 10.2. The third-order valence-electron chi connectivity index (χ3n) is 3.29. The Balaban J connectivity index is 2.37. The Hall–Kier alpha value is 0.0500. The molecule has 0 atom stereocenters. The van der Waals surface area contributed by atoms with Crippen LogP contribution in [0.5, 0.6) is 0 Å². The summed E-state index contributed by atoms with van der Waals surface area (Å²) >= 11 is 6.75. The van der Waals surface area contributed by atoms with Gasteiger partial charge in [0.15, 0.2) is 0 Å². The highest BCUT2D eigenvalue weighted by atomic mass is 79.9. The van der Waals surface area contributed by atoms with Crippen LogP contribution in [0.3, 0.4) is 0 Å². The number of benzene rings is 1. The molecule has 0 aliphatic carbocycles. The van der Waals surface area contributed by atoms with Gasteiger partial charge in [0.2, 0.25) is 10.0 Å². The molecule has 0 saturated carbocycles. The fraction of sp³-hybridized carbons (Fsp3) is 0.500. The molecule has 0 unspecified atom stereocenters.